The van der Waals surface area contributed by atoms with E-state index < -0.39 is 18.0 Å². The number of benzene rings is 2. The van der Waals surface area contributed by atoms with Crippen LogP contribution in [0, 0.1) is 0 Å². The molecule has 0 aliphatic heterocycles. The van der Waals surface area contributed by atoms with Gasteiger partial charge in [-0.05, 0) is 24.6 Å². The number of esters is 1. The summed E-state index contributed by atoms with van der Waals surface area (Å²) in [6.07, 6.45) is -0.931. The van der Waals surface area contributed by atoms with E-state index >= 15 is 0 Å². The number of nitrogens with one attached hydrogen (secondary N) is 1. The molecule has 1 amide bonds. The highest BCUT2D eigenvalue weighted by Gasteiger charge is 2.30. The fourth-order valence-electron chi connectivity index (χ4n) is 2.28. The summed E-state index contributed by atoms with van der Waals surface area (Å²) < 4.78 is 5.07. The van der Waals surface area contributed by atoms with Crippen molar-refractivity contribution in [2.75, 3.05) is 6.61 Å². The summed E-state index contributed by atoms with van der Waals surface area (Å²) in [5.41, 5.74) is 3.72. The molecule has 0 saturated heterocycles. The van der Waals surface area contributed by atoms with Gasteiger partial charge in [-0.1, -0.05) is 55.5 Å². The van der Waals surface area contributed by atoms with E-state index in [1.54, 1.807) is 31.2 Å². The number of rotatable bonds is 7. The van der Waals surface area contributed by atoms with Crippen molar-refractivity contribution < 1.29 is 19.2 Å². The van der Waals surface area contributed by atoms with Crippen LogP contribution in [0.2, 0.25) is 0 Å². The van der Waals surface area contributed by atoms with Crippen molar-refractivity contribution in [1.29, 1.82) is 0 Å². The fourth-order valence-corrected chi connectivity index (χ4v) is 2.28. The third-order valence-electron chi connectivity index (χ3n) is 3.61. The molecule has 0 aliphatic rings. The van der Waals surface area contributed by atoms with E-state index in [2.05, 4.69) is 5.48 Å². The normalized spacial score (nSPS) is 12.9. The number of carbonyl (C=O) groups is 2. The van der Waals surface area contributed by atoms with Crippen LogP contribution in [0.5, 0.6) is 0 Å². The Morgan fingerprint density at radius 1 is 1.00 bits per heavy atom. The molecule has 2 aromatic carbocycles. The Labute approximate surface area is 141 Å². The molecule has 0 radical (unpaired) electrons. The average molecular weight is 327 g/mol. The van der Waals surface area contributed by atoms with Crippen molar-refractivity contribution in [1.82, 2.24) is 5.48 Å². The lowest BCUT2D eigenvalue weighted by molar-refractivity contribution is -0.162. The van der Waals surface area contributed by atoms with E-state index in [1.165, 1.54) is 0 Å². The summed E-state index contributed by atoms with van der Waals surface area (Å²) in [6, 6.07) is 18.1. The number of carbonyl (C=O) groups excluding carboxylic acids is 2. The molecular formula is C19H21NO4. The minimum atomic E-state index is -0.931. The van der Waals surface area contributed by atoms with Gasteiger partial charge in [0.05, 0.1) is 6.61 Å². The van der Waals surface area contributed by atoms with E-state index in [4.69, 9.17) is 9.57 Å². The summed E-state index contributed by atoms with van der Waals surface area (Å²) in [5.74, 6) is -1.20. The number of hydroxylamine groups is 1. The highest BCUT2D eigenvalue weighted by atomic mass is 16.7. The first-order chi connectivity index (χ1) is 11.6. The van der Waals surface area contributed by atoms with Crippen molar-refractivity contribution in [3.05, 3.63) is 71.8 Å². The Morgan fingerprint density at radius 3 is 2.17 bits per heavy atom. The minimum absolute atomic E-state index is 0.243. The zero-order valence-corrected chi connectivity index (χ0v) is 13.8. The molecule has 0 unspecified atom stereocenters. The SMILES string of the molecule is CCOC(=O)[C@H](ONC(=O)c1ccccc1)[C@H](C)c1ccccc1. The maximum Gasteiger partial charge on any atom is 0.338 e. The van der Waals surface area contributed by atoms with Crippen molar-refractivity contribution in [2.45, 2.75) is 25.9 Å². The second-order valence-corrected chi connectivity index (χ2v) is 5.29. The summed E-state index contributed by atoms with van der Waals surface area (Å²) in [4.78, 5) is 29.7. The van der Waals surface area contributed by atoms with Crippen LogP contribution in [0.25, 0.3) is 0 Å². The average Bonchev–Trinajstić information content (AvgIpc) is 2.63. The molecular weight excluding hydrogens is 306 g/mol. The van der Waals surface area contributed by atoms with Crippen LogP contribution in [0.4, 0.5) is 0 Å². The van der Waals surface area contributed by atoms with Crippen LogP contribution in [0.1, 0.15) is 35.7 Å². The maximum absolute atomic E-state index is 12.2. The fraction of sp³-hybridized carbons (Fsp3) is 0.263. The van der Waals surface area contributed by atoms with Gasteiger partial charge < -0.3 is 4.74 Å². The Morgan fingerprint density at radius 2 is 1.58 bits per heavy atom. The second-order valence-electron chi connectivity index (χ2n) is 5.29. The molecule has 24 heavy (non-hydrogen) atoms. The summed E-state index contributed by atoms with van der Waals surface area (Å²) in [5, 5.41) is 0. The van der Waals surface area contributed by atoms with E-state index in [0.717, 1.165) is 5.56 Å². The van der Waals surface area contributed by atoms with Gasteiger partial charge in [-0.15, -0.1) is 0 Å². The third-order valence-corrected chi connectivity index (χ3v) is 3.61. The molecule has 5 nitrogen and oxygen atoms in total. The van der Waals surface area contributed by atoms with Crippen LogP contribution >= 0.6 is 0 Å². The molecule has 126 valence electrons. The lowest BCUT2D eigenvalue weighted by Gasteiger charge is -2.22. The Bertz CT molecular complexity index is 658. The molecule has 2 aromatic rings. The molecule has 2 atom stereocenters. The van der Waals surface area contributed by atoms with Gasteiger partial charge in [0.1, 0.15) is 0 Å². The number of hydrogen-bond acceptors (Lipinski definition) is 4. The molecule has 0 spiro atoms. The standard InChI is InChI=1S/C19H21NO4/c1-3-23-19(22)17(14(2)15-10-6-4-7-11-15)24-20-18(21)16-12-8-5-9-13-16/h4-14,17H,3H2,1-2H3,(H,20,21)/t14-,17-/m1/s1. The first-order valence-electron chi connectivity index (χ1n) is 7.86. The van der Waals surface area contributed by atoms with E-state index in [1.807, 2.05) is 43.3 Å². The van der Waals surface area contributed by atoms with E-state index in [-0.39, 0.29) is 12.5 Å². The Balaban J connectivity index is 2.09. The summed E-state index contributed by atoms with van der Waals surface area (Å²) in [7, 11) is 0. The highest BCUT2D eigenvalue weighted by molar-refractivity contribution is 5.93. The van der Waals surface area contributed by atoms with E-state index in [9.17, 15) is 9.59 Å². The molecule has 0 aromatic heterocycles. The van der Waals surface area contributed by atoms with Crippen LogP contribution in [0.15, 0.2) is 60.7 Å². The number of hydrogen-bond donors (Lipinski definition) is 1. The highest BCUT2D eigenvalue weighted by Crippen LogP contribution is 2.22. The zero-order valence-electron chi connectivity index (χ0n) is 13.8. The molecule has 0 fully saturated rings. The summed E-state index contributed by atoms with van der Waals surface area (Å²) >= 11 is 0. The monoisotopic (exact) mass is 327 g/mol. The van der Waals surface area contributed by atoms with Crippen molar-refractivity contribution in [3.63, 3.8) is 0 Å². The molecule has 1 N–H and O–H groups in total. The van der Waals surface area contributed by atoms with E-state index in [0.29, 0.717) is 5.56 Å². The molecule has 0 saturated carbocycles. The molecule has 5 heteroatoms. The molecule has 0 bridgehead atoms. The van der Waals surface area contributed by atoms with Gasteiger partial charge in [-0.2, -0.15) is 0 Å². The zero-order chi connectivity index (χ0) is 17.4. The summed E-state index contributed by atoms with van der Waals surface area (Å²) in [6.45, 7) is 3.82. The minimum Gasteiger partial charge on any atom is -0.464 e. The second kappa shape index (κ2) is 8.84. The quantitative estimate of drug-likeness (QED) is 0.627. The molecule has 2 rings (SSSR count). The van der Waals surface area contributed by atoms with Gasteiger partial charge in [0.2, 0.25) is 0 Å². The van der Waals surface area contributed by atoms with Crippen molar-refractivity contribution in [2.24, 2.45) is 0 Å². The lowest BCUT2D eigenvalue weighted by Crippen LogP contribution is -2.38. The van der Waals surface area contributed by atoms with Gasteiger partial charge in [0.25, 0.3) is 5.91 Å². The number of amides is 1. The van der Waals surface area contributed by atoms with Gasteiger partial charge in [-0.3, -0.25) is 9.63 Å². The number of ether oxygens (including phenoxy) is 1. The van der Waals surface area contributed by atoms with Crippen LogP contribution in [-0.2, 0) is 14.4 Å². The first-order valence-corrected chi connectivity index (χ1v) is 7.86. The van der Waals surface area contributed by atoms with Gasteiger partial charge in [0, 0.05) is 11.5 Å². The third kappa shape index (κ3) is 4.67. The molecule has 0 heterocycles. The first kappa shape index (κ1) is 17.7. The van der Waals surface area contributed by atoms with Gasteiger partial charge in [0.15, 0.2) is 6.10 Å². The predicted octanol–water partition coefficient (Wildman–Crippen LogP) is 3.08. The van der Waals surface area contributed by atoms with Crippen LogP contribution < -0.4 is 5.48 Å². The maximum atomic E-state index is 12.2. The smallest absolute Gasteiger partial charge is 0.338 e. The van der Waals surface area contributed by atoms with Gasteiger partial charge >= 0.3 is 5.97 Å². The Hall–Kier alpha value is -2.66. The van der Waals surface area contributed by atoms with Crippen molar-refractivity contribution in [3.8, 4) is 0 Å². The lowest BCUT2D eigenvalue weighted by atomic mass is 9.95. The van der Waals surface area contributed by atoms with Crippen LogP contribution in [-0.4, -0.2) is 24.6 Å². The topological polar surface area (TPSA) is 64.6 Å². The van der Waals surface area contributed by atoms with Gasteiger partial charge in [-0.25, -0.2) is 10.3 Å². The largest absolute Gasteiger partial charge is 0.464 e. The van der Waals surface area contributed by atoms with Crippen molar-refractivity contribution >= 4 is 11.9 Å². The predicted molar refractivity (Wildman–Crippen MR) is 90.3 cm³/mol. The van der Waals surface area contributed by atoms with Crippen LogP contribution in [0.3, 0.4) is 0 Å². The Kier molecular flexibility index (Phi) is 6.51. The molecule has 0 aliphatic carbocycles.